The van der Waals surface area contributed by atoms with Crippen LogP contribution < -0.4 is 25.6 Å². The first-order chi connectivity index (χ1) is 20.0. The third kappa shape index (κ3) is 6.71. The fourth-order valence-corrected chi connectivity index (χ4v) is 4.67. The van der Waals surface area contributed by atoms with E-state index >= 15 is 4.39 Å². The van der Waals surface area contributed by atoms with Crippen LogP contribution in [0.5, 0.6) is 5.88 Å². The second-order valence-electron chi connectivity index (χ2n) is 12.0. The van der Waals surface area contributed by atoms with Gasteiger partial charge in [0.2, 0.25) is 5.88 Å². The Kier molecular flexibility index (Phi) is 8.39. The van der Waals surface area contributed by atoms with E-state index in [2.05, 4.69) is 15.3 Å². The van der Waals surface area contributed by atoms with Crippen LogP contribution in [0.1, 0.15) is 54.0 Å². The highest BCUT2D eigenvalue weighted by Gasteiger charge is 2.32. The number of anilines is 3. The molecular formula is C30H37FN6O6. The van der Waals surface area contributed by atoms with Crippen LogP contribution in [0.2, 0.25) is 0 Å². The number of rotatable bonds is 4. The average Bonchev–Trinajstić information content (AvgIpc) is 2.88. The molecule has 43 heavy (non-hydrogen) atoms. The molecule has 0 saturated carbocycles. The third-order valence-corrected chi connectivity index (χ3v) is 6.43. The largest absolute Gasteiger partial charge is 0.474 e. The Labute approximate surface area is 249 Å². The van der Waals surface area contributed by atoms with Crippen molar-refractivity contribution in [3.8, 4) is 17.0 Å². The van der Waals surface area contributed by atoms with Gasteiger partial charge in [0.25, 0.3) is 0 Å². The number of urea groups is 1. The van der Waals surface area contributed by atoms with Crippen molar-refractivity contribution in [3.05, 3.63) is 35.9 Å². The highest BCUT2D eigenvalue weighted by molar-refractivity contribution is 6.05. The third-order valence-electron chi connectivity index (χ3n) is 6.43. The van der Waals surface area contributed by atoms with Gasteiger partial charge in [-0.1, -0.05) is 0 Å². The SMILES string of the molecule is CCN(C(N)=O)c1cc2cc(-c3cnc4c(c3C)N(C(=O)OC(C)(C)C)CCO4)c(F)c(NC(=O)OC(C)(C)C)c2cn1. The lowest BCUT2D eigenvalue weighted by Crippen LogP contribution is -2.42. The number of aromatic nitrogens is 2. The van der Waals surface area contributed by atoms with Gasteiger partial charge in [-0.15, -0.1) is 0 Å². The lowest BCUT2D eigenvalue weighted by Gasteiger charge is -2.32. The van der Waals surface area contributed by atoms with Gasteiger partial charge in [-0.3, -0.25) is 15.1 Å². The molecular weight excluding hydrogens is 559 g/mol. The molecule has 0 atom stereocenters. The Morgan fingerprint density at radius 2 is 1.74 bits per heavy atom. The number of carbonyl (C=O) groups is 3. The Balaban J connectivity index is 1.94. The molecule has 0 spiro atoms. The van der Waals surface area contributed by atoms with E-state index in [0.29, 0.717) is 22.2 Å². The maximum absolute atomic E-state index is 16.5. The number of nitrogens with two attached hydrogens (primary N) is 1. The van der Waals surface area contributed by atoms with E-state index in [9.17, 15) is 14.4 Å². The van der Waals surface area contributed by atoms with Crippen LogP contribution in [0.25, 0.3) is 21.9 Å². The molecule has 1 aliphatic rings. The molecule has 0 fully saturated rings. The van der Waals surface area contributed by atoms with Crippen molar-refractivity contribution in [2.24, 2.45) is 5.73 Å². The summed E-state index contributed by atoms with van der Waals surface area (Å²) in [7, 11) is 0. The molecule has 0 bridgehead atoms. The van der Waals surface area contributed by atoms with Crippen LogP contribution in [-0.2, 0) is 9.47 Å². The van der Waals surface area contributed by atoms with Crippen molar-refractivity contribution in [2.45, 2.75) is 66.6 Å². The summed E-state index contributed by atoms with van der Waals surface area (Å²) in [5, 5.41) is 3.24. The van der Waals surface area contributed by atoms with E-state index in [4.69, 9.17) is 19.9 Å². The molecule has 12 nitrogen and oxygen atoms in total. The summed E-state index contributed by atoms with van der Waals surface area (Å²) in [5.74, 6) is -0.327. The monoisotopic (exact) mass is 596 g/mol. The number of ether oxygens (including phenoxy) is 3. The molecule has 3 heterocycles. The van der Waals surface area contributed by atoms with Crippen molar-refractivity contribution in [2.75, 3.05) is 34.8 Å². The summed E-state index contributed by atoms with van der Waals surface area (Å²) >= 11 is 0. The molecule has 2 aromatic heterocycles. The van der Waals surface area contributed by atoms with Crippen molar-refractivity contribution in [1.29, 1.82) is 0 Å². The summed E-state index contributed by atoms with van der Waals surface area (Å²) < 4.78 is 33.2. The lowest BCUT2D eigenvalue weighted by atomic mass is 9.96. The fraction of sp³-hybridized carbons (Fsp3) is 0.433. The first-order valence-corrected chi connectivity index (χ1v) is 13.8. The minimum absolute atomic E-state index is 0.0698. The number of nitrogens with zero attached hydrogens (tertiary/aromatic N) is 4. The normalized spacial score (nSPS) is 13.2. The molecule has 0 aliphatic carbocycles. The highest BCUT2D eigenvalue weighted by atomic mass is 19.1. The smallest absolute Gasteiger partial charge is 0.415 e. The van der Waals surface area contributed by atoms with Crippen LogP contribution in [0.4, 0.5) is 36.0 Å². The average molecular weight is 597 g/mol. The standard InChI is InChI=1S/C30H37FN6O6/c1-9-36(26(32)38)21-13-17-12-18(22(31)23(20(17)15-33-21)35-27(39)42-29(3,4)5)19-14-34-25-24(16(19)2)37(10-11-41-25)28(40)43-30(6,7)8/h12-15H,9-11H2,1-8H3,(H2,32,38)(H,35,39). The summed E-state index contributed by atoms with van der Waals surface area (Å²) in [6.45, 7) is 14.5. The molecule has 230 valence electrons. The number of nitrogens with one attached hydrogen (secondary N) is 1. The molecule has 0 unspecified atom stereocenters. The molecule has 4 rings (SSSR count). The van der Waals surface area contributed by atoms with Gasteiger partial charge < -0.3 is 19.9 Å². The molecule has 3 aromatic rings. The Morgan fingerprint density at radius 1 is 1.07 bits per heavy atom. The molecule has 4 amide bonds. The highest BCUT2D eigenvalue weighted by Crippen LogP contribution is 2.42. The maximum Gasteiger partial charge on any atom is 0.415 e. The topological polar surface area (TPSA) is 149 Å². The molecule has 1 aliphatic heterocycles. The second-order valence-corrected chi connectivity index (χ2v) is 12.0. The van der Waals surface area contributed by atoms with E-state index in [0.717, 1.165) is 0 Å². The van der Waals surface area contributed by atoms with Crippen molar-refractivity contribution < 1.29 is 33.0 Å². The number of carbonyl (C=O) groups excluding carboxylic acids is 3. The van der Waals surface area contributed by atoms with Crippen LogP contribution in [0, 0.1) is 12.7 Å². The van der Waals surface area contributed by atoms with Crippen molar-refractivity contribution in [3.63, 3.8) is 0 Å². The zero-order valence-corrected chi connectivity index (χ0v) is 25.6. The number of amides is 4. The number of pyridine rings is 2. The number of halogens is 1. The van der Waals surface area contributed by atoms with E-state index in [-0.39, 0.29) is 48.0 Å². The van der Waals surface area contributed by atoms with E-state index in [1.54, 1.807) is 67.5 Å². The van der Waals surface area contributed by atoms with Gasteiger partial charge >= 0.3 is 18.2 Å². The van der Waals surface area contributed by atoms with Gasteiger partial charge in [0, 0.05) is 35.5 Å². The Hall–Kier alpha value is -4.68. The van der Waals surface area contributed by atoms with Crippen molar-refractivity contribution in [1.82, 2.24) is 9.97 Å². The minimum atomic E-state index is -0.869. The van der Waals surface area contributed by atoms with Gasteiger partial charge in [-0.25, -0.2) is 28.7 Å². The first kappa shape index (κ1) is 31.3. The summed E-state index contributed by atoms with van der Waals surface area (Å²) in [5.41, 5.74) is 5.02. The molecule has 0 radical (unpaired) electrons. The van der Waals surface area contributed by atoms with Gasteiger partial charge in [0.15, 0.2) is 5.82 Å². The van der Waals surface area contributed by atoms with E-state index < -0.39 is 35.2 Å². The van der Waals surface area contributed by atoms with Gasteiger partial charge in [-0.05, 0) is 78.5 Å². The molecule has 3 N–H and O–H groups in total. The van der Waals surface area contributed by atoms with Crippen LogP contribution in [0.3, 0.4) is 0 Å². The zero-order valence-electron chi connectivity index (χ0n) is 25.6. The Morgan fingerprint density at radius 3 is 2.35 bits per heavy atom. The van der Waals surface area contributed by atoms with Gasteiger partial charge in [0.1, 0.15) is 29.3 Å². The van der Waals surface area contributed by atoms with Crippen LogP contribution in [-0.4, -0.2) is 59.1 Å². The predicted octanol–water partition coefficient (Wildman–Crippen LogP) is 6.13. The number of hydrogen-bond acceptors (Lipinski definition) is 8. The fourth-order valence-electron chi connectivity index (χ4n) is 4.67. The lowest BCUT2D eigenvalue weighted by molar-refractivity contribution is 0.0565. The number of primary amides is 1. The number of fused-ring (bicyclic) bond motifs is 2. The quantitative estimate of drug-likeness (QED) is 0.365. The summed E-state index contributed by atoms with van der Waals surface area (Å²) in [6.07, 6.45) is 1.34. The minimum Gasteiger partial charge on any atom is -0.474 e. The summed E-state index contributed by atoms with van der Waals surface area (Å²) in [4.78, 5) is 49.3. The second kappa shape index (κ2) is 11.5. The van der Waals surface area contributed by atoms with Gasteiger partial charge in [-0.2, -0.15) is 0 Å². The maximum atomic E-state index is 16.5. The number of benzene rings is 1. The van der Waals surface area contributed by atoms with Crippen molar-refractivity contribution >= 4 is 46.2 Å². The van der Waals surface area contributed by atoms with E-state index in [1.165, 1.54) is 22.2 Å². The predicted molar refractivity (Wildman–Crippen MR) is 161 cm³/mol. The Bertz CT molecular complexity index is 1600. The molecule has 13 heteroatoms. The van der Waals surface area contributed by atoms with Crippen LogP contribution >= 0.6 is 0 Å². The first-order valence-electron chi connectivity index (χ1n) is 13.8. The van der Waals surface area contributed by atoms with Crippen LogP contribution in [0.15, 0.2) is 24.5 Å². The van der Waals surface area contributed by atoms with Gasteiger partial charge in [0.05, 0.1) is 12.2 Å². The van der Waals surface area contributed by atoms with E-state index in [1.807, 2.05) is 0 Å². The number of hydrogen-bond donors (Lipinski definition) is 2. The molecule has 0 saturated heterocycles. The summed E-state index contributed by atoms with van der Waals surface area (Å²) in [6, 6.07) is 2.42. The molecule has 1 aromatic carbocycles. The zero-order chi connectivity index (χ0) is 31.9.